The standard InChI is InChI=1S/C18H21N3O3/c1-12-10-13(2)21(19-12)15-7-5-14(6-8-15)18(24)20-9-3-4-16(20)11-17(22)23/h5-8,10,16H,3-4,9,11H2,1-2H3,(H,22,23). The van der Waals surface area contributed by atoms with E-state index in [9.17, 15) is 9.59 Å². The van der Waals surface area contributed by atoms with Crippen LogP contribution in [0, 0.1) is 13.8 Å². The first-order valence-electron chi connectivity index (χ1n) is 8.12. The fraction of sp³-hybridized carbons (Fsp3) is 0.389. The van der Waals surface area contributed by atoms with Crippen molar-refractivity contribution in [2.75, 3.05) is 6.54 Å². The number of benzene rings is 1. The van der Waals surface area contributed by atoms with Crippen LogP contribution in [0.2, 0.25) is 0 Å². The zero-order valence-corrected chi connectivity index (χ0v) is 13.9. The van der Waals surface area contributed by atoms with E-state index in [1.54, 1.807) is 17.0 Å². The van der Waals surface area contributed by atoms with Crippen LogP contribution in [0.3, 0.4) is 0 Å². The first-order valence-corrected chi connectivity index (χ1v) is 8.12. The van der Waals surface area contributed by atoms with Crippen LogP contribution in [0.15, 0.2) is 30.3 Å². The Balaban J connectivity index is 1.79. The molecule has 6 nitrogen and oxygen atoms in total. The molecule has 126 valence electrons. The van der Waals surface area contributed by atoms with Crippen LogP contribution in [-0.2, 0) is 4.79 Å². The number of amides is 1. The van der Waals surface area contributed by atoms with Crippen LogP contribution >= 0.6 is 0 Å². The summed E-state index contributed by atoms with van der Waals surface area (Å²) in [5, 5.41) is 13.4. The molecule has 0 radical (unpaired) electrons. The van der Waals surface area contributed by atoms with Gasteiger partial charge in [0, 0.05) is 23.8 Å². The lowest BCUT2D eigenvalue weighted by Crippen LogP contribution is -2.36. The first-order chi connectivity index (χ1) is 11.5. The number of carboxylic acids is 1. The summed E-state index contributed by atoms with van der Waals surface area (Å²) in [7, 11) is 0. The Morgan fingerprint density at radius 2 is 1.96 bits per heavy atom. The second kappa shape index (κ2) is 6.47. The van der Waals surface area contributed by atoms with Crippen molar-refractivity contribution < 1.29 is 14.7 Å². The van der Waals surface area contributed by atoms with Crippen molar-refractivity contribution in [1.29, 1.82) is 0 Å². The fourth-order valence-electron chi connectivity index (χ4n) is 3.32. The third-order valence-electron chi connectivity index (χ3n) is 4.42. The quantitative estimate of drug-likeness (QED) is 0.936. The molecule has 6 heteroatoms. The number of hydrogen-bond acceptors (Lipinski definition) is 3. The molecule has 2 aromatic rings. The Morgan fingerprint density at radius 3 is 2.54 bits per heavy atom. The van der Waals surface area contributed by atoms with Gasteiger partial charge in [0.25, 0.3) is 5.91 Å². The normalized spacial score (nSPS) is 17.2. The van der Waals surface area contributed by atoms with Crippen LogP contribution in [-0.4, -0.2) is 44.3 Å². The zero-order chi connectivity index (χ0) is 17.3. The molecule has 1 saturated heterocycles. The predicted octanol–water partition coefficient (Wildman–Crippen LogP) is 2.57. The lowest BCUT2D eigenvalue weighted by atomic mass is 10.1. The van der Waals surface area contributed by atoms with Gasteiger partial charge in [-0.25, -0.2) is 4.68 Å². The number of rotatable bonds is 4. The van der Waals surface area contributed by atoms with E-state index in [-0.39, 0.29) is 18.4 Å². The number of hydrogen-bond donors (Lipinski definition) is 1. The molecule has 3 rings (SSSR count). The summed E-state index contributed by atoms with van der Waals surface area (Å²) in [6, 6.07) is 9.10. The van der Waals surface area contributed by atoms with E-state index in [1.165, 1.54) is 0 Å². The molecular weight excluding hydrogens is 306 g/mol. The molecule has 0 aliphatic carbocycles. The highest BCUT2D eigenvalue weighted by Gasteiger charge is 2.30. The lowest BCUT2D eigenvalue weighted by molar-refractivity contribution is -0.137. The molecule has 1 amide bonds. The van der Waals surface area contributed by atoms with Gasteiger partial charge in [-0.3, -0.25) is 9.59 Å². The molecule has 0 spiro atoms. The van der Waals surface area contributed by atoms with Gasteiger partial charge < -0.3 is 10.0 Å². The van der Waals surface area contributed by atoms with Gasteiger partial charge in [0.05, 0.1) is 17.8 Å². The van der Waals surface area contributed by atoms with Crippen molar-refractivity contribution in [2.45, 2.75) is 39.2 Å². The van der Waals surface area contributed by atoms with Gasteiger partial charge in [0.2, 0.25) is 0 Å². The van der Waals surface area contributed by atoms with E-state index in [1.807, 2.05) is 36.7 Å². The van der Waals surface area contributed by atoms with Crippen molar-refractivity contribution in [3.8, 4) is 5.69 Å². The average Bonchev–Trinajstić information content (AvgIpc) is 3.12. The highest BCUT2D eigenvalue weighted by atomic mass is 16.4. The summed E-state index contributed by atoms with van der Waals surface area (Å²) in [5.74, 6) is -0.960. The number of nitrogens with zero attached hydrogens (tertiary/aromatic N) is 3. The van der Waals surface area contributed by atoms with Crippen molar-refractivity contribution in [1.82, 2.24) is 14.7 Å². The highest BCUT2D eigenvalue weighted by Crippen LogP contribution is 2.23. The third-order valence-corrected chi connectivity index (χ3v) is 4.42. The van der Waals surface area contributed by atoms with Gasteiger partial charge in [-0.05, 0) is 57.0 Å². The Bertz CT molecular complexity index is 764. The molecule has 1 N–H and O–H groups in total. The molecule has 0 saturated carbocycles. The largest absolute Gasteiger partial charge is 0.481 e. The van der Waals surface area contributed by atoms with Crippen LogP contribution in [0.1, 0.15) is 41.0 Å². The molecule has 1 unspecified atom stereocenters. The number of aryl methyl sites for hydroxylation is 2. The molecule has 24 heavy (non-hydrogen) atoms. The number of aliphatic carboxylic acids is 1. The molecule has 2 heterocycles. The van der Waals surface area contributed by atoms with Crippen molar-refractivity contribution in [3.63, 3.8) is 0 Å². The van der Waals surface area contributed by atoms with E-state index in [2.05, 4.69) is 5.10 Å². The molecule has 1 aliphatic heterocycles. The summed E-state index contributed by atoms with van der Waals surface area (Å²) >= 11 is 0. The summed E-state index contributed by atoms with van der Waals surface area (Å²) < 4.78 is 1.84. The molecule has 1 aromatic heterocycles. The van der Waals surface area contributed by atoms with E-state index in [0.717, 1.165) is 29.9 Å². The number of carboxylic acid groups (broad SMARTS) is 1. The van der Waals surface area contributed by atoms with Crippen molar-refractivity contribution in [3.05, 3.63) is 47.3 Å². The van der Waals surface area contributed by atoms with E-state index in [4.69, 9.17) is 5.11 Å². The maximum atomic E-state index is 12.7. The van der Waals surface area contributed by atoms with Crippen LogP contribution < -0.4 is 0 Å². The van der Waals surface area contributed by atoms with Crippen LogP contribution in [0.25, 0.3) is 5.69 Å². The SMILES string of the molecule is Cc1cc(C)n(-c2ccc(C(=O)N3CCCC3CC(=O)O)cc2)n1. The summed E-state index contributed by atoms with van der Waals surface area (Å²) in [5.41, 5.74) is 3.46. The maximum absolute atomic E-state index is 12.7. The molecule has 1 aliphatic rings. The minimum absolute atomic E-state index is 0.00951. The van der Waals surface area contributed by atoms with Crippen LogP contribution in [0.4, 0.5) is 0 Å². The van der Waals surface area contributed by atoms with Crippen molar-refractivity contribution >= 4 is 11.9 Å². The fourth-order valence-corrected chi connectivity index (χ4v) is 3.32. The Morgan fingerprint density at radius 1 is 1.25 bits per heavy atom. The Hall–Kier alpha value is -2.63. The van der Waals surface area contributed by atoms with Crippen molar-refractivity contribution in [2.24, 2.45) is 0 Å². The van der Waals surface area contributed by atoms with Gasteiger partial charge in [0.15, 0.2) is 0 Å². The number of likely N-dealkylation sites (tertiary alicyclic amines) is 1. The van der Waals surface area contributed by atoms with Gasteiger partial charge in [-0.1, -0.05) is 0 Å². The van der Waals surface area contributed by atoms with Gasteiger partial charge in [-0.2, -0.15) is 5.10 Å². The van der Waals surface area contributed by atoms with Gasteiger partial charge >= 0.3 is 5.97 Å². The minimum Gasteiger partial charge on any atom is -0.481 e. The monoisotopic (exact) mass is 327 g/mol. The minimum atomic E-state index is -0.862. The Labute approximate surface area is 140 Å². The second-order valence-electron chi connectivity index (χ2n) is 6.28. The summed E-state index contributed by atoms with van der Waals surface area (Å²) in [6.45, 7) is 4.55. The smallest absolute Gasteiger partial charge is 0.305 e. The molecule has 1 fully saturated rings. The lowest BCUT2D eigenvalue weighted by Gasteiger charge is -2.23. The molecule has 0 bridgehead atoms. The topological polar surface area (TPSA) is 75.4 Å². The number of carbonyl (C=O) groups excluding carboxylic acids is 1. The average molecular weight is 327 g/mol. The van der Waals surface area contributed by atoms with E-state index in [0.29, 0.717) is 12.1 Å². The zero-order valence-electron chi connectivity index (χ0n) is 13.9. The van der Waals surface area contributed by atoms with Gasteiger partial charge in [-0.15, -0.1) is 0 Å². The highest BCUT2D eigenvalue weighted by molar-refractivity contribution is 5.95. The maximum Gasteiger partial charge on any atom is 0.305 e. The van der Waals surface area contributed by atoms with E-state index >= 15 is 0 Å². The third kappa shape index (κ3) is 3.18. The molecule has 1 atom stereocenters. The van der Waals surface area contributed by atoms with Gasteiger partial charge in [0.1, 0.15) is 0 Å². The summed E-state index contributed by atoms with van der Waals surface area (Å²) in [6.07, 6.45) is 1.62. The molecular formula is C18H21N3O3. The van der Waals surface area contributed by atoms with Crippen LogP contribution in [0.5, 0.6) is 0 Å². The number of carbonyl (C=O) groups is 2. The van der Waals surface area contributed by atoms with E-state index < -0.39 is 5.97 Å². The Kier molecular flexibility index (Phi) is 4.38. The number of aromatic nitrogens is 2. The predicted molar refractivity (Wildman–Crippen MR) is 89.3 cm³/mol. The summed E-state index contributed by atoms with van der Waals surface area (Å²) in [4.78, 5) is 25.3. The molecule has 1 aromatic carbocycles. The second-order valence-corrected chi connectivity index (χ2v) is 6.28. The first kappa shape index (κ1) is 16.2.